The molecule has 0 bridgehead atoms. The maximum atomic E-state index is 5.74. The summed E-state index contributed by atoms with van der Waals surface area (Å²) in [6.45, 7) is 6.39. The fourth-order valence-electron chi connectivity index (χ4n) is 2.12. The van der Waals surface area contributed by atoms with E-state index >= 15 is 0 Å². The van der Waals surface area contributed by atoms with Crippen molar-refractivity contribution in [3.05, 3.63) is 0 Å². The molecule has 0 saturated carbocycles. The lowest BCUT2D eigenvalue weighted by Gasteiger charge is -2.57. The molecule has 2 rings (SSSR count). The van der Waals surface area contributed by atoms with Gasteiger partial charge in [0.25, 0.3) is 0 Å². The van der Waals surface area contributed by atoms with Crippen LogP contribution in [0.25, 0.3) is 0 Å². The average Bonchev–Trinajstić information content (AvgIpc) is 1.55. The Kier molecular flexibility index (Phi) is 1.13. The third-order valence-corrected chi connectivity index (χ3v) is 6.52. The molecular weight excluding hydrogens is 144 g/mol. The summed E-state index contributed by atoms with van der Waals surface area (Å²) in [4.78, 5) is 0. The van der Waals surface area contributed by atoms with Gasteiger partial charge in [-0.1, -0.05) is 0 Å². The van der Waals surface area contributed by atoms with Crippen LogP contribution in [-0.4, -0.2) is 20.3 Å². The second kappa shape index (κ2) is 1.65. The first-order chi connectivity index (χ1) is 4.52. The summed E-state index contributed by atoms with van der Waals surface area (Å²) in [5, 5.41) is 0. The van der Waals surface area contributed by atoms with Crippen LogP contribution in [0.1, 0.15) is 20.8 Å². The van der Waals surface area contributed by atoms with Crippen molar-refractivity contribution in [3.8, 4) is 0 Å². The Morgan fingerprint density at radius 1 is 1.50 bits per heavy atom. The molecule has 0 aliphatic carbocycles. The fourth-order valence-corrected chi connectivity index (χ4v) is 6.36. The summed E-state index contributed by atoms with van der Waals surface area (Å²) in [6.07, 6.45) is 0.475. The van der Waals surface area contributed by atoms with Gasteiger partial charge in [0.05, 0.1) is 5.60 Å². The highest BCUT2D eigenvalue weighted by atomic mass is 28.4. The summed E-state index contributed by atoms with van der Waals surface area (Å²) in [6, 6.07) is 2.42. The second-order valence-corrected chi connectivity index (χ2v) is 7.10. The molecule has 0 radical (unpaired) electrons. The predicted octanol–water partition coefficient (Wildman–Crippen LogP) is 1.66. The van der Waals surface area contributed by atoms with Crippen LogP contribution in [0.2, 0.25) is 12.1 Å². The van der Waals surface area contributed by atoms with Crippen LogP contribution in [0, 0.1) is 0 Å². The Morgan fingerprint density at radius 2 is 2.00 bits per heavy atom. The van der Waals surface area contributed by atoms with E-state index in [9.17, 15) is 0 Å². The van der Waals surface area contributed by atoms with Gasteiger partial charge in [-0.2, -0.15) is 0 Å². The largest absolute Gasteiger partial charge is 0.391 e. The van der Waals surface area contributed by atoms with Gasteiger partial charge in [0.1, 0.15) is 0 Å². The molecule has 58 valence electrons. The number of hydrogen-bond acceptors (Lipinski definition) is 2. The molecule has 0 N–H and O–H groups in total. The SMILES string of the molecule is CC1C[Si]2(CC(C)(C)O2)O1. The van der Waals surface area contributed by atoms with Gasteiger partial charge in [-0.25, -0.2) is 0 Å². The van der Waals surface area contributed by atoms with Gasteiger partial charge in [0, 0.05) is 18.2 Å². The molecule has 0 aromatic heterocycles. The van der Waals surface area contributed by atoms with Crippen molar-refractivity contribution in [1.29, 1.82) is 0 Å². The van der Waals surface area contributed by atoms with Crippen LogP contribution in [-0.2, 0) is 8.85 Å². The van der Waals surface area contributed by atoms with Crippen molar-refractivity contribution in [2.75, 3.05) is 0 Å². The lowest BCUT2D eigenvalue weighted by Crippen LogP contribution is -2.69. The standard InChI is InChI=1S/C7H14O2Si/c1-6-4-10(8-6)5-7(2,3)9-10/h6H,4-5H2,1-3H3. The van der Waals surface area contributed by atoms with E-state index in [-0.39, 0.29) is 5.60 Å². The van der Waals surface area contributed by atoms with Gasteiger partial charge in [0.15, 0.2) is 0 Å². The molecule has 2 unspecified atom stereocenters. The van der Waals surface area contributed by atoms with Crippen molar-refractivity contribution in [2.24, 2.45) is 0 Å². The number of hydrogen-bond donors (Lipinski definition) is 0. The third-order valence-electron chi connectivity index (χ3n) is 2.17. The van der Waals surface area contributed by atoms with Crippen molar-refractivity contribution < 1.29 is 8.85 Å². The average molecular weight is 158 g/mol. The van der Waals surface area contributed by atoms with E-state index in [1.54, 1.807) is 0 Å². The molecule has 2 aliphatic rings. The van der Waals surface area contributed by atoms with E-state index in [0.717, 1.165) is 0 Å². The summed E-state index contributed by atoms with van der Waals surface area (Å²) in [5.74, 6) is 0. The Morgan fingerprint density at radius 3 is 2.30 bits per heavy atom. The zero-order valence-electron chi connectivity index (χ0n) is 6.81. The maximum Gasteiger partial charge on any atom is 0.344 e. The van der Waals surface area contributed by atoms with E-state index in [0.29, 0.717) is 6.10 Å². The van der Waals surface area contributed by atoms with Gasteiger partial charge in [-0.05, 0) is 20.8 Å². The Bertz CT molecular complexity index is 151. The minimum absolute atomic E-state index is 0.131. The molecule has 2 nitrogen and oxygen atoms in total. The van der Waals surface area contributed by atoms with Crippen molar-refractivity contribution in [1.82, 2.24) is 0 Å². The van der Waals surface area contributed by atoms with Gasteiger partial charge in [-0.15, -0.1) is 0 Å². The topological polar surface area (TPSA) is 18.5 Å². The van der Waals surface area contributed by atoms with Crippen molar-refractivity contribution >= 4 is 8.56 Å². The Balaban J connectivity index is 1.91. The predicted molar refractivity (Wildman–Crippen MR) is 41.1 cm³/mol. The van der Waals surface area contributed by atoms with Crippen LogP contribution in [0.5, 0.6) is 0 Å². The molecule has 0 aromatic carbocycles. The normalized spacial score (nSPS) is 50.1. The van der Waals surface area contributed by atoms with E-state index in [1.165, 1.54) is 12.1 Å². The quantitative estimate of drug-likeness (QED) is 0.499. The molecule has 0 aromatic rings. The van der Waals surface area contributed by atoms with Gasteiger partial charge in [0.2, 0.25) is 0 Å². The van der Waals surface area contributed by atoms with E-state index in [1.807, 2.05) is 0 Å². The first-order valence-corrected chi connectivity index (χ1v) is 6.13. The zero-order chi connectivity index (χ0) is 7.41. The molecule has 2 fully saturated rings. The molecule has 2 aliphatic heterocycles. The van der Waals surface area contributed by atoms with Gasteiger partial charge in [-0.3, -0.25) is 0 Å². The first-order valence-electron chi connectivity index (χ1n) is 3.89. The van der Waals surface area contributed by atoms with Crippen LogP contribution < -0.4 is 0 Å². The monoisotopic (exact) mass is 158 g/mol. The third kappa shape index (κ3) is 0.846. The highest BCUT2D eigenvalue weighted by molar-refractivity contribution is 6.72. The first kappa shape index (κ1) is 6.82. The zero-order valence-corrected chi connectivity index (χ0v) is 7.81. The van der Waals surface area contributed by atoms with Crippen molar-refractivity contribution in [2.45, 2.75) is 44.6 Å². The van der Waals surface area contributed by atoms with E-state index in [2.05, 4.69) is 20.8 Å². The highest BCUT2D eigenvalue weighted by Crippen LogP contribution is 2.48. The molecule has 2 atom stereocenters. The molecule has 3 heteroatoms. The maximum absolute atomic E-state index is 5.74. The van der Waals surface area contributed by atoms with E-state index in [4.69, 9.17) is 8.85 Å². The second-order valence-electron chi connectivity index (χ2n) is 4.08. The van der Waals surface area contributed by atoms with E-state index < -0.39 is 8.56 Å². The molecule has 10 heavy (non-hydrogen) atoms. The van der Waals surface area contributed by atoms with Crippen LogP contribution in [0.4, 0.5) is 0 Å². The lowest BCUT2D eigenvalue weighted by atomic mass is 10.2. The van der Waals surface area contributed by atoms with Gasteiger partial charge >= 0.3 is 8.56 Å². The highest BCUT2D eigenvalue weighted by Gasteiger charge is 2.62. The smallest absolute Gasteiger partial charge is 0.344 e. The lowest BCUT2D eigenvalue weighted by molar-refractivity contribution is -0.0547. The van der Waals surface area contributed by atoms with Crippen LogP contribution >= 0.6 is 0 Å². The summed E-state index contributed by atoms with van der Waals surface area (Å²) >= 11 is 0. The minimum Gasteiger partial charge on any atom is -0.391 e. The van der Waals surface area contributed by atoms with Crippen LogP contribution in [0.15, 0.2) is 0 Å². The summed E-state index contributed by atoms with van der Waals surface area (Å²) in [7, 11) is -1.49. The Hall–Kier alpha value is 0.137. The minimum atomic E-state index is -1.49. The van der Waals surface area contributed by atoms with Gasteiger partial charge < -0.3 is 8.85 Å². The molecule has 1 spiro atoms. The van der Waals surface area contributed by atoms with Crippen LogP contribution in [0.3, 0.4) is 0 Å². The fraction of sp³-hybridized carbons (Fsp3) is 1.00. The molecule has 2 saturated heterocycles. The molecular formula is C7H14O2Si. The molecule has 2 heterocycles. The molecule has 0 amide bonds. The Labute approximate surface area is 62.8 Å². The number of rotatable bonds is 0. The summed E-state index contributed by atoms with van der Waals surface area (Å²) < 4.78 is 11.4. The van der Waals surface area contributed by atoms with Crippen molar-refractivity contribution in [3.63, 3.8) is 0 Å². The summed E-state index contributed by atoms with van der Waals surface area (Å²) in [5.41, 5.74) is 0.131.